The summed E-state index contributed by atoms with van der Waals surface area (Å²) in [5.74, 6) is -0.993. The third-order valence-corrected chi connectivity index (χ3v) is 9.98. The summed E-state index contributed by atoms with van der Waals surface area (Å²) in [6.45, 7) is 6.43. The van der Waals surface area contributed by atoms with Gasteiger partial charge in [0.2, 0.25) is 0 Å². The standard InChI is InChI=1S/C51H88O6/c1-4-7-10-13-16-19-22-24-26-29-32-35-38-41-44-50(53)56-47-48(46-55-49(52)43-40-37-34-31-28-21-18-15-12-9-6-3)57-51(54)45-42-39-36-33-30-27-25-23-20-17-14-11-8-5-2/h9,12,18,21,26-27,29-31,34,48H,4-8,10-11,13-17,19-20,22-25,28,32-33,35-47H2,1-3H3/b12-9-,21-18-,29-26-,30-27-,34-31-. The SMILES string of the molecule is CC/C=C\C/C=C\C/C=C\CCCC(=O)OCC(COC(=O)CCCCC/C=C\CCCCCCCCC)OC(=O)CCCCC/C=C\CCCCCCCCC. The van der Waals surface area contributed by atoms with Crippen molar-refractivity contribution in [3.63, 3.8) is 0 Å². The van der Waals surface area contributed by atoms with Crippen LogP contribution in [0, 0.1) is 0 Å². The molecule has 1 atom stereocenters. The molecule has 0 aliphatic heterocycles. The number of esters is 3. The van der Waals surface area contributed by atoms with Gasteiger partial charge in [-0.05, 0) is 96.3 Å². The van der Waals surface area contributed by atoms with Crippen molar-refractivity contribution in [1.29, 1.82) is 0 Å². The number of rotatable bonds is 42. The van der Waals surface area contributed by atoms with E-state index in [4.69, 9.17) is 14.2 Å². The minimum atomic E-state index is -0.805. The van der Waals surface area contributed by atoms with Crippen molar-refractivity contribution >= 4 is 17.9 Å². The van der Waals surface area contributed by atoms with E-state index in [0.717, 1.165) is 89.9 Å². The van der Waals surface area contributed by atoms with Gasteiger partial charge in [-0.25, -0.2) is 0 Å². The van der Waals surface area contributed by atoms with Gasteiger partial charge in [-0.2, -0.15) is 0 Å². The predicted molar refractivity (Wildman–Crippen MR) is 242 cm³/mol. The van der Waals surface area contributed by atoms with Crippen LogP contribution in [0.5, 0.6) is 0 Å². The molecule has 0 aromatic heterocycles. The Bertz CT molecular complexity index is 1050. The molecule has 0 aromatic rings. The molecular weight excluding hydrogens is 709 g/mol. The molecule has 0 spiro atoms. The Kier molecular flexibility index (Phi) is 43.5. The van der Waals surface area contributed by atoms with E-state index in [9.17, 15) is 14.4 Å². The van der Waals surface area contributed by atoms with Gasteiger partial charge in [-0.15, -0.1) is 0 Å². The number of hydrogen-bond donors (Lipinski definition) is 0. The van der Waals surface area contributed by atoms with Crippen molar-refractivity contribution in [3.8, 4) is 0 Å². The first-order valence-electron chi connectivity index (χ1n) is 23.8. The largest absolute Gasteiger partial charge is 0.462 e. The molecule has 0 radical (unpaired) electrons. The molecule has 1 unspecified atom stereocenters. The van der Waals surface area contributed by atoms with Crippen LogP contribution < -0.4 is 0 Å². The first kappa shape index (κ1) is 54.1. The molecule has 0 aliphatic rings. The molecule has 0 saturated heterocycles. The number of carbonyl (C=O) groups is 3. The number of carbonyl (C=O) groups excluding carboxylic acids is 3. The van der Waals surface area contributed by atoms with E-state index in [1.165, 1.54) is 89.9 Å². The van der Waals surface area contributed by atoms with E-state index in [-0.39, 0.29) is 37.5 Å². The molecule has 57 heavy (non-hydrogen) atoms. The molecule has 0 aromatic carbocycles. The zero-order valence-electron chi connectivity index (χ0n) is 37.3. The minimum Gasteiger partial charge on any atom is -0.462 e. The summed E-state index contributed by atoms with van der Waals surface area (Å²) in [6, 6.07) is 0. The second-order valence-electron chi connectivity index (χ2n) is 15.6. The molecule has 328 valence electrons. The maximum atomic E-state index is 12.7. The van der Waals surface area contributed by atoms with Crippen LogP contribution in [0.1, 0.15) is 226 Å². The highest BCUT2D eigenvalue weighted by Gasteiger charge is 2.19. The molecular formula is C51H88O6. The lowest BCUT2D eigenvalue weighted by molar-refractivity contribution is -0.167. The monoisotopic (exact) mass is 797 g/mol. The van der Waals surface area contributed by atoms with Gasteiger partial charge in [0.05, 0.1) is 0 Å². The van der Waals surface area contributed by atoms with Crippen molar-refractivity contribution in [2.24, 2.45) is 0 Å². The first-order valence-corrected chi connectivity index (χ1v) is 23.8. The summed E-state index contributed by atoms with van der Waals surface area (Å²) < 4.78 is 16.6. The van der Waals surface area contributed by atoms with Crippen LogP contribution in [-0.2, 0) is 28.6 Å². The van der Waals surface area contributed by atoms with E-state index in [0.29, 0.717) is 19.3 Å². The van der Waals surface area contributed by atoms with E-state index < -0.39 is 6.10 Å². The number of ether oxygens (including phenoxy) is 3. The Morgan fingerprint density at radius 3 is 1.16 bits per heavy atom. The number of allylic oxidation sites excluding steroid dienone is 10. The second kappa shape index (κ2) is 45.8. The fourth-order valence-electron chi connectivity index (χ4n) is 6.39. The molecule has 0 heterocycles. The smallest absolute Gasteiger partial charge is 0.306 e. The van der Waals surface area contributed by atoms with Crippen molar-refractivity contribution in [1.82, 2.24) is 0 Å². The Morgan fingerprint density at radius 2 is 0.702 bits per heavy atom. The number of unbranched alkanes of at least 4 members (excludes halogenated alkanes) is 21. The fourth-order valence-corrected chi connectivity index (χ4v) is 6.39. The van der Waals surface area contributed by atoms with Crippen molar-refractivity contribution in [3.05, 3.63) is 60.8 Å². The lowest BCUT2D eigenvalue weighted by atomic mass is 10.1. The number of hydrogen-bond acceptors (Lipinski definition) is 6. The van der Waals surface area contributed by atoms with Crippen LogP contribution in [0.4, 0.5) is 0 Å². The maximum Gasteiger partial charge on any atom is 0.306 e. The van der Waals surface area contributed by atoms with Crippen LogP contribution in [0.25, 0.3) is 0 Å². The van der Waals surface area contributed by atoms with E-state index in [1.807, 2.05) is 0 Å². The van der Waals surface area contributed by atoms with Gasteiger partial charge in [0, 0.05) is 19.3 Å². The molecule has 0 saturated carbocycles. The van der Waals surface area contributed by atoms with Crippen molar-refractivity contribution in [2.45, 2.75) is 232 Å². The Balaban J connectivity index is 4.47. The summed E-state index contributed by atoms with van der Waals surface area (Å²) in [5.41, 5.74) is 0. The third-order valence-electron chi connectivity index (χ3n) is 9.98. The lowest BCUT2D eigenvalue weighted by Gasteiger charge is -2.18. The zero-order chi connectivity index (χ0) is 41.5. The molecule has 6 nitrogen and oxygen atoms in total. The maximum absolute atomic E-state index is 12.7. The van der Waals surface area contributed by atoms with E-state index >= 15 is 0 Å². The normalized spacial score (nSPS) is 12.5. The molecule has 6 heteroatoms. The molecule has 0 fully saturated rings. The Morgan fingerprint density at radius 1 is 0.368 bits per heavy atom. The summed E-state index contributed by atoms with van der Waals surface area (Å²) >= 11 is 0. The van der Waals surface area contributed by atoms with Gasteiger partial charge in [0.15, 0.2) is 6.10 Å². The van der Waals surface area contributed by atoms with Gasteiger partial charge >= 0.3 is 17.9 Å². The summed E-state index contributed by atoms with van der Waals surface area (Å²) in [5, 5.41) is 0. The van der Waals surface area contributed by atoms with Crippen LogP contribution >= 0.6 is 0 Å². The fraction of sp³-hybridized carbons (Fsp3) is 0.745. The Labute approximate surface area is 351 Å². The van der Waals surface area contributed by atoms with Crippen LogP contribution in [-0.4, -0.2) is 37.2 Å². The van der Waals surface area contributed by atoms with Gasteiger partial charge in [0.25, 0.3) is 0 Å². The predicted octanol–water partition coefficient (Wildman–Crippen LogP) is 15.3. The van der Waals surface area contributed by atoms with Crippen LogP contribution in [0.2, 0.25) is 0 Å². The topological polar surface area (TPSA) is 78.9 Å². The van der Waals surface area contributed by atoms with Crippen molar-refractivity contribution < 1.29 is 28.6 Å². The summed E-state index contributed by atoms with van der Waals surface area (Å²) in [7, 11) is 0. The van der Waals surface area contributed by atoms with Crippen LogP contribution in [0.15, 0.2) is 60.8 Å². The average molecular weight is 797 g/mol. The minimum absolute atomic E-state index is 0.104. The molecule has 0 amide bonds. The lowest BCUT2D eigenvalue weighted by Crippen LogP contribution is -2.30. The zero-order valence-corrected chi connectivity index (χ0v) is 37.3. The first-order chi connectivity index (χ1) is 28.0. The van der Waals surface area contributed by atoms with Gasteiger partial charge in [-0.1, -0.05) is 171 Å². The van der Waals surface area contributed by atoms with Crippen LogP contribution in [0.3, 0.4) is 0 Å². The highest BCUT2D eigenvalue weighted by Crippen LogP contribution is 2.13. The summed E-state index contributed by atoms with van der Waals surface area (Å²) in [4.78, 5) is 37.7. The quantitative estimate of drug-likeness (QED) is 0.0265. The second-order valence-corrected chi connectivity index (χ2v) is 15.6. The summed E-state index contributed by atoms with van der Waals surface area (Å²) in [6.07, 6.45) is 55.0. The van der Waals surface area contributed by atoms with Crippen molar-refractivity contribution in [2.75, 3.05) is 13.2 Å². The Hall–Kier alpha value is -2.89. The third kappa shape index (κ3) is 44.1. The molecule has 0 aliphatic carbocycles. The molecule has 0 rings (SSSR count). The molecule has 0 bridgehead atoms. The molecule has 0 N–H and O–H groups in total. The van der Waals surface area contributed by atoms with E-state index in [2.05, 4.69) is 81.5 Å². The van der Waals surface area contributed by atoms with Gasteiger partial charge < -0.3 is 14.2 Å². The van der Waals surface area contributed by atoms with E-state index in [1.54, 1.807) is 0 Å². The average Bonchev–Trinajstić information content (AvgIpc) is 3.21. The highest BCUT2D eigenvalue weighted by atomic mass is 16.6. The highest BCUT2D eigenvalue weighted by molar-refractivity contribution is 5.71. The van der Waals surface area contributed by atoms with Gasteiger partial charge in [0.1, 0.15) is 13.2 Å². The van der Waals surface area contributed by atoms with Gasteiger partial charge in [-0.3, -0.25) is 14.4 Å².